The summed E-state index contributed by atoms with van der Waals surface area (Å²) in [4.78, 5) is 26.5. The number of nitrogens with zero attached hydrogens (tertiary/aromatic N) is 4. The lowest BCUT2D eigenvalue weighted by Gasteiger charge is -2.47. The van der Waals surface area contributed by atoms with E-state index in [0.29, 0.717) is 42.0 Å². The molecule has 2 aliphatic heterocycles. The second kappa shape index (κ2) is 9.90. The van der Waals surface area contributed by atoms with Gasteiger partial charge in [0.05, 0.1) is 13.2 Å². The van der Waals surface area contributed by atoms with Gasteiger partial charge in [-0.25, -0.2) is 4.98 Å². The Morgan fingerprint density at radius 1 is 1.23 bits per heavy atom. The van der Waals surface area contributed by atoms with Crippen molar-refractivity contribution >= 4 is 23.5 Å². The van der Waals surface area contributed by atoms with E-state index in [4.69, 9.17) is 21.1 Å². The molecule has 1 aromatic rings. The summed E-state index contributed by atoms with van der Waals surface area (Å²) >= 11 is 6.31. The summed E-state index contributed by atoms with van der Waals surface area (Å²) in [6.07, 6.45) is 7.77. The van der Waals surface area contributed by atoms with E-state index in [1.807, 2.05) is 7.05 Å². The van der Waals surface area contributed by atoms with Crippen LogP contribution in [0, 0.1) is 5.92 Å². The highest BCUT2D eigenvalue weighted by atomic mass is 35.5. The van der Waals surface area contributed by atoms with Crippen molar-refractivity contribution < 1.29 is 14.3 Å². The van der Waals surface area contributed by atoms with Crippen LogP contribution in [-0.2, 0) is 9.53 Å². The van der Waals surface area contributed by atoms with Crippen molar-refractivity contribution in [2.45, 2.75) is 89.4 Å². The second-order valence-electron chi connectivity index (χ2n) is 9.24. The zero-order chi connectivity index (χ0) is 22.0. The minimum atomic E-state index is 0.0128. The van der Waals surface area contributed by atoms with Gasteiger partial charge in [0.2, 0.25) is 17.7 Å². The number of rotatable bonds is 8. The van der Waals surface area contributed by atoms with E-state index in [0.717, 1.165) is 38.5 Å². The van der Waals surface area contributed by atoms with E-state index in [9.17, 15) is 4.79 Å². The molecule has 7 nitrogen and oxygen atoms in total. The number of ether oxygens (including phenoxy) is 2. The molecule has 4 rings (SSSR count). The molecule has 1 aromatic heterocycles. The van der Waals surface area contributed by atoms with Crippen LogP contribution in [0.3, 0.4) is 0 Å². The zero-order valence-electron chi connectivity index (χ0n) is 18.9. The van der Waals surface area contributed by atoms with E-state index >= 15 is 0 Å². The van der Waals surface area contributed by atoms with Crippen LogP contribution >= 0.6 is 11.6 Å². The molecule has 172 valence electrons. The highest BCUT2D eigenvalue weighted by Gasteiger charge is 2.40. The van der Waals surface area contributed by atoms with Gasteiger partial charge < -0.3 is 19.3 Å². The Hall–Kier alpha value is -1.60. The van der Waals surface area contributed by atoms with E-state index in [-0.39, 0.29) is 24.2 Å². The third-order valence-corrected chi connectivity index (χ3v) is 7.16. The molecule has 31 heavy (non-hydrogen) atoms. The highest BCUT2D eigenvalue weighted by Crippen LogP contribution is 2.37. The van der Waals surface area contributed by atoms with Crippen LogP contribution in [0.15, 0.2) is 6.07 Å². The molecule has 0 unspecified atom stereocenters. The largest absolute Gasteiger partial charge is 0.472 e. The summed E-state index contributed by atoms with van der Waals surface area (Å²) in [5, 5.41) is 0.377. The van der Waals surface area contributed by atoms with E-state index in [1.54, 1.807) is 6.07 Å². The summed E-state index contributed by atoms with van der Waals surface area (Å²) < 4.78 is 11.4. The van der Waals surface area contributed by atoms with Gasteiger partial charge in [0.1, 0.15) is 11.3 Å². The van der Waals surface area contributed by atoms with Crippen molar-refractivity contribution in [1.82, 2.24) is 14.9 Å². The first-order chi connectivity index (χ1) is 15.0. The molecular weight excluding hydrogens is 416 g/mol. The average Bonchev–Trinajstić information content (AvgIpc) is 3.43. The number of carbonyl (C=O) groups excluding carboxylic acids is 1. The Labute approximate surface area is 190 Å². The zero-order valence-corrected chi connectivity index (χ0v) is 19.7. The number of aromatic nitrogens is 2. The summed E-state index contributed by atoms with van der Waals surface area (Å²) in [5.41, 5.74) is 0. The lowest BCUT2D eigenvalue weighted by molar-refractivity contribution is -0.139. The fourth-order valence-corrected chi connectivity index (χ4v) is 5.09. The van der Waals surface area contributed by atoms with Gasteiger partial charge >= 0.3 is 0 Å². The first-order valence-corrected chi connectivity index (χ1v) is 12.2. The first-order valence-electron chi connectivity index (χ1n) is 11.8. The van der Waals surface area contributed by atoms with Gasteiger partial charge in [-0.05, 0) is 44.4 Å². The van der Waals surface area contributed by atoms with Crippen LogP contribution in [0.2, 0.25) is 5.15 Å². The standard InChI is InChI=1S/C23H35ClN4O3/c1-4-16-11-18(12-17(5-2)28(16)22(29)10-15-6-7-15)27(3)23-25-20(24)13-21(26-23)31-19-8-9-30-14-19/h13,15-19H,4-12,14H2,1-3H3/t16-,17+,18-,19-/m0/s1. The predicted molar refractivity (Wildman–Crippen MR) is 121 cm³/mol. The molecule has 0 radical (unpaired) electrons. The molecule has 2 saturated heterocycles. The molecular formula is C23H35ClN4O3. The van der Waals surface area contributed by atoms with Crippen molar-refractivity contribution in [3.63, 3.8) is 0 Å². The SMILES string of the molecule is CC[C@@H]1C[C@@H](N(C)c2nc(Cl)cc(O[C@H]3CCOC3)n2)C[C@H](CC)N1C(=O)CC1CC1. The van der Waals surface area contributed by atoms with E-state index in [2.05, 4.69) is 33.6 Å². The quantitative estimate of drug-likeness (QED) is 0.556. The van der Waals surface area contributed by atoms with Crippen molar-refractivity contribution in [2.24, 2.45) is 5.92 Å². The third-order valence-electron chi connectivity index (χ3n) is 6.96. The Bertz CT molecular complexity index is 755. The fraction of sp³-hybridized carbons (Fsp3) is 0.783. The maximum absolute atomic E-state index is 13.0. The van der Waals surface area contributed by atoms with Crippen LogP contribution in [0.5, 0.6) is 5.88 Å². The lowest BCUT2D eigenvalue weighted by atomic mass is 9.87. The number of piperidine rings is 1. The van der Waals surface area contributed by atoms with Gasteiger partial charge in [0.15, 0.2) is 0 Å². The minimum absolute atomic E-state index is 0.0128. The normalized spacial score (nSPS) is 28.6. The molecule has 1 amide bonds. The molecule has 8 heteroatoms. The van der Waals surface area contributed by atoms with Crippen molar-refractivity contribution in [3.8, 4) is 5.88 Å². The smallest absolute Gasteiger partial charge is 0.230 e. The van der Waals surface area contributed by atoms with Gasteiger partial charge in [0, 0.05) is 44.1 Å². The molecule has 0 spiro atoms. The molecule has 3 heterocycles. The number of carbonyl (C=O) groups is 1. The second-order valence-corrected chi connectivity index (χ2v) is 9.63. The molecule has 3 aliphatic rings. The molecule has 0 bridgehead atoms. The lowest BCUT2D eigenvalue weighted by Crippen LogP contribution is -2.56. The van der Waals surface area contributed by atoms with Gasteiger partial charge in [0.25, 0.3) is 0 Å². The summed E-state index contributed by atoms with van der Waals surface area (Å²) in [5.74, 6) is 2.03. The summed E-state index contributed by atoms with van der Waals surface area (Å²) in [6, 6.07) is 2.42. The van der Waals surface area contributed by atoms with Gasteiger partial charge in [-0.1, -0.05) is 25.4 Å². The summed E-state index contributed by atoms with van der Waals surface area (Å²) in [7, 11) is 2.03. The predicted octanol–water partition coefficient (Wildman–Crippen LogP) is 4.08. The minimum Gasteiger partial charge on any atom is -0.472 e. The van der Waals surface area contributed by atoms with Crippen molar-refractivity contribution in [3.05, 3.63) is 11.2 Å². The van der Waals surface area contributed by atoms with Crippen LogP contribution < -0.4 is 9.64 Å². The highest BCUT2D eigenvalue weighted by molar-refractivity contribution is 6.29. The molecule has 0 N–H and O–H groups in total. The van der Waals surface area contributed by atoms with Gasteiger partial charge in [-0.15, -0.1) is 0 Å². The topological polar surface area (TPSA) is 67.8 Å². The Balaban J connectivity index is 1.48. The number of hydrogen-bond donors (Lipinski definition) is 0. The van der Waals surface area contributed by atoms with E-state index < -0.39 is 0 Å². The van der Waals surface area contributed by atoms with E-state index in [1.165, 1.54) is 12.8 Å². The monoisotopic (exact) mass is 450 g/mol. The fourth-order valence-electron chi connectivity index (χ4n) is 4.92. The molecule has 1 aliphatic carbocycles. The van der Waals surface area contributed by atoms with Gasteiger partial charge in [-0.2, -0.15) is 4.98 Å². The number of amides is 1. The molecule has 1 saturated carbocycles. The Morgan fingerprint density at radius 2 is 1.94 bits per heavy atom. The van der Waals surface area contributed by atoms with Crippen LogP contribution in [0.1, 0.15) is 65.2 Å². The third kappa shape index (κ3) is 5.43. The molecule has 4 atom stereocenters. The maximum atomic E-state index is 13.0. The number of likely N-dealkylation sites (tertiary alicyclic amines) is 1. The molecule has 0 aromatic carbocycles. The number of anilines is 1. The van der Waals surface area contributed by atoms with Crippen molar-refractivity contribution in [1.29, 1.82) is 0 Å². The Morgan fingerprint density at radius 3 is 2.52 bits per heavy atom. The average molecular weight is 451 g/mol. The van der Waals surface area contributed by atoms with Crippen LogP contribution in [-0.4, -0.2) is 65.3 Å². The first kappa shape index (κ1) is 22.6. The maximum Gasteiger partial charge on any atom is 0.230 e. The van der Waals surface area contributed by atoms with Crippen LogP contribution in [0.4, 0.5) is 5.95 Å². The number of halogens is 1. The van der Waals surface area contributed by atoms with Gasteiger partial charge in [-0.3, -0.25) is 4.79 Å². The number of hydrogen-bond acceptors (Lipinski definition) is 6. The molecule has 3 fully saturated rings. The van der Waals surface area contributed by atoms with Crippen LogP contribution in [0.25, 0.3) is 0 Å². The Kier molecular flexibility index (Phi) is 7.22. The van der Waals surface area contributed by atoms with Crippen molar-refractivity contribution in [2.75, 3.05) is 25.2 Å². The summed E-state index contributed by atoms with van der Waals surface area (Å²) in [6.45, 7) is 5.66.